The van der Waals surface area contributed by atoms with E-state index in [0.29, 0.717) is 19.3 Å². The number of carbonyl (C=O) groups excluding carboxylic acids is 3. The third-order valence-electron chi connectivity index (χ3n) is 12.6. The van der Waals surface area contributed by atoms with Crippen LogP contribution in [0.25, 0.3) is 0 Å². The number of rotatable bonds is 53. The second-order valence-electron chi connectivity index (χ2n) is 19.5. The zero-order valence-electron chi connectivity index (χ0n) is 46.0. The van der Waals surface area contributed by atoms with Crippen LogP contribution in [0.3, 0.4) is 0 Å². The van der Waals surface area contributed by atoms with E-state index in [-0.39, 0.29) is 31.1 Å². The zero-order chi connectivity index (χ0) is 50.7. The fourth-order valence-corrected chi connectivity index (χ4v) is 8.19. The Bertz CT molecular complexity index is 1350. The van der Waals surface area contributed by atoms with Gasteiger partial charge in [0.05, 0.1) is 0 Å². The van der Waals surface area contributed by atoms with Gasteiger partial charge in [-0.05, 0) is 89.9 Å². The van der Waals surface area contributed by atoms with Gasteiger partial charge >= 0.3 is 17.9 Å². The molecule has 0 saturated carbocycles. The predicted molar refractivity (Wildman–Crippen MR) is 302 cm³/mol. The van der Waals surface area contributed by atoms with E-state index in [1.807, 2.05) is 0 Å². The Hall–Kier alpha value is -3.41. The van der Waals surface area contributed by atoms with Crippen molar-refractivity contribution in [3.63, 3.8) is 0 Å². The van der Waals surface area contributed by atoms with Crippen molar-refractivity contribution < 1.29 is 28.6 Å². The summed E-state index contributed by atoms with van der Waals surface area (Å²) >= 11 is 0. The minimum atomic E-state index is -0.785. The Morgan fingerprint density at radius 2 is 0.571 bits per heavy atom. The first-order valence-electron chi connectivity index (χ1n) is 29.6. The molecule has 0 heterocycles. The number of carbonyl (C=O) groups is 3. The Morgan fingerprint density at radius 3 is 0.914 bits per heavy atom. The number of ether oxygens (including phenoxy) is 3. The fraction of sp³-hybridized carbons (Fsp3) is 0.734. The lowest BCUT2D eigenvalue weighted by Gasteiger charge is -2.18. The van der Waals surface area contributed by atoms with E-state index in [1.54, 1.807) is 0 Å². The monoisotopic (exact) mass is 975 g/mol. The summed E-state index contributed by atoms with van der Waals surface area (Å²) in [5.41, 5.74) is 0. The molecule has 0 aliphatic carbocycles. The normalized spacial score (nSPS) is 12.7. The molecule has 0 aromatic heterocycles. The Labute approximate surface area is 433 Å². The summed E-state index contributed by atoms with van der Waals surface area (Å²) in [6.45, 7) is 6.48. The molecule has 402 valence electrons. The van der Waals surface area contributed by atoms with Crippen molar-refractivity contribution in [3.8, 4) is 0 Å². The molecule has 0 bridgehead atoms. The average Bonchev–Trinajstić information content (AvgIpc) is 3.36. The van der Waals surface area contributed by atoms with Crippen LogP contribution in [0.4, 0.5) is 0 Å². The highest BCUT2D eigenvalue weighted by molar-refractivity contribution is 5.71. The summed E-state index contributed by atoms with van der Waals surface area (Å²) in [6, 6.07) is 0. The van der Waals surface area contributed by atoms with Crippen LogP contribution in [-0.4, -0.2) is 37.2 Å². The standard InChI is InChI=1S/C64H110O6/c1-4-7-10-13-16-19-22-25-27-28-29-30-31-32-33-34-35-36-37-40-42-45-48-51-54-57-63(66)69-60-61(59-68-62(65)56-53-50-47-44-41-38-24-21-18-15-12-9-6-3)70-64(67)58-55-52-49-46-43-39-26-23-20-17-14-11-8-5-2/h7,10,14,16-17,19,23,25-27,29-30,32-33,61H,4-6,8-9,11-13,15,18,20-22,24,28,31,34-60H2,1-3H3/b10-7-,17-14-,19-16-,26-23-,27-25-,30-29-,33-32-. The van der Waals surface area contributed by atoms with E-state index in [2.05, 4.69) is 106 Å². The third kappa shape index (κ3) is 55.5. The van der Waals surface area contributed by atoms with Crippen LogP contribution in [0.5, 0.6) is 0 Å². The Morgan fingerprint density at radius 1 is 0.300 bits per heavy atom. The molecule has 6 nitrogen and oxygen atoms in total. The quantitative estimate of drug-likeness (QED) is 0.0261. The molecule has 0 radical (unpaired) electrons. The van der Waals surface area contributed by atoms with Crippen LogP contribution < -0.4 is 0 Å². The first-order chi connectivity index (χ1) is 34.5. The van der Waals surface area contributed by atoms with Gasteiger partial charge in [0.1, 0.15) is 13.2 Å². The second-order valence-corrected chi connectivity index (χ2v) is 19.5. The summed E-state index contributed by atoms with van der Waals surface area (Å²) in [5.74, 6) is -0.894. The third-order valence-corrected chi connectivity index (χ3v) is 12.6. The summed E-state index contributed by atoms with van der Waals surface area (Å²) < 4.78 is 16.9. The molecular weight excluding hydrogens is 865 g/mol. The van der Waals surface area contributed by atoms with Crippen LogP contribution in [0, 0.1) is 0 Å². The lowest BCUT2D eigenvalue weighted by Crippen LogP contribution is -2.30. The summed E-state index contributed by atoms with van der Waals surface area (Å²) in [4.78, 5) is 38.2. The SMILES string of the molecule is CC/C=C\C/C=C\C/C=C\C/C=C\C/C=C\CCCCCCCCCCCC(=O)OCC(COC(=O)CCCCCCCCCCCCCCC)OC(=O)CCCCCCC/C=C\C/C=C\CCCC. The molecule has 0 aliphatic rings. The first kappa shape index (κ1) is 66.6. The van der Waals surface area contributed by atoms with E-state index in [9.17, 15) is 14.4 Å². The predicted octanol–water partition coefficient (Wildman–Crippen LogP) is 19.9. The van der Waals surface area contributed by atoms with Crippen molar-refractivity contribution in [1.29, 1.82) is 0 Å². The maximum Gasteiger partial charge on any atom is 0.306 e. The van der Waals surface area contributed by atoms with Gasteiger partial charge < -0.3 is 14.2 Å². The molecule has 0 aromatic carbocycles. The molecule has 0 N–H and O–H groups in total. The van der Waals surface area contributed by atoms with Crippen LogP contribution in [0.15, 0.2) is 85.1 Å². The van der Waals surface area contributed by atoms with Crippen molar-refractivity contribution in [2.45, 2.75) is 290 Å². The van der Waals surface area contributed by atoms with Crippen molar-refractivity contribution in [2.24, 2.45) is 0 Å². The van der Waals surface area contributed by atoms with Gasteiger partial charge in [-0.2, -0.15) is 0 Å². The van der Waals surface area contributed by atoms with E-state index < -0.39 is 6.10 Å². The lowest BCUT2D eigenvalue weighted by atomic mass is 10.0. The van der Waals surface area contributed by atoms with E-state index in [4.69, 9.17) is 14.2 Å². The van der Waals surface area contributed by atoms with E-state index in [1.165, 1.54) is 122 Å². The number of allylic oxidation sites excluding steroid dienone is 14. The molecule has 0 aromatic rings. The van der Waals surface area contributed by atoms with Gasteiger partial charge in [0.25, 0.3) is 0 Å². The topological polar surface area (TPSA) is 78.9 Å². The molecule has 0 amide bonds. The van der Waals surface area contributed by atoms with Crippen LogP contribution >= 0.6 is 0 Å². The van der Waals surface area contributed by atoms with Gasteiger partial charge in [0.15, 0.2) is 6.10 Å². The molecule has 0 fully saturated rings. The Kier molecular flexibility index (Phi) is 55.3. The molecule has 1 atom stereocenters. The van der Waals surface area contributed by atoms with Crippen molar-refractivity contribution >= 4 is 17.9 Å². The smallest absolute Gasteiger partial charge is 0.306 e. The van der Waals surface area contributed by atoms with E-state index >= 15 is 0 Å². The van der Waals surface area contributed by atoms with E-state index in [0.717, 1.165) is 122 Å². The van der Waals surface area contributed by atoms with Gasteiger partial charge in [0.2, 0.25) is 0 Å². The van der Waals surface area contributed by atoms with Crippen LogP contribution in [0.1, 0.15) is 284 Å². The fourth-order valence-electron chi connectivity index (χ4n) is 8.19. The van der Waals surface area contributed by atoms with Crippen molar-refractivity contribution in [1.82, 2.24) is 0 Å². The highest BCUT2D eigenvalue weighted by Crippen LogP contribution is 2.16. The molecule has 0 spiro atoms. The molecule has 0 rings (SSSR count). The Balaban J connectivity index is 4.31. The molecule has 0 saturated heterocycles. The van der Waals surface area contributed by atoms with Crippen LogP contribution in [0.2, 0.25) is 0 Å². The number of unbranched alkanes of at least 4 members (excludes halogenated alkanes) is 28. The van der Waals surface area contributed by atoms with Gasteiger partial charge in [-0.1, -0.05) is 260 Å². The first-order valence-corrected chi connectivity index (χ1v) is 29.6. The second kappa shape index (κ2) is 58.2. The molecule has 0 aliphatic heterocycles. The maximum absolute atomic E-state index is 12.8. The zero-order valence-corrected chi connectivity index (χ0v) is 46.0. The summed E-state index contributed by atoms with van der Waals surface area (Å²) in [6.07, 6.45) is 75.7. The minimum Gasteiger partial charge on any atom is -0.462 e. The molecular formula is C64H110O6. The number of hydrogen-bond donors (Lipinski definition) is 0. The largest absolute Gasteiger partial charge is 0.462 e. The number of esters is 3. The molecule has 70 heavy (non-hydrogen) atoms. The van der Waals surface area contributed by atoms with Gasteiger partial charge in [-0.25, -0.2) is 0 Å². The maximum atomic E-state index is 12.8. The average molecular weight is 976 g/mol. The summed E-state index contributed by atoms with van der Waals surface area (Å²) in [5, 5.41) is 0. The van der Waals surface area contributed by atoms with Gasteiger partial charge in [-0.3, -0.25) is 14.4 Å². The van der Waals surface area contributed by atoms with Gasteiger partial charge in [0, 0.05) is 19.3 Å². The molecule has 1 unspecified atom stereocenters. The minimum absolute atomic E-state index is 0.0816. The highest BCUT2D eigenvalue weighted by Gasteiger charge is 2.19. The summed E-state index contributed by atoms with van der Waals surface area (Å²) in [7, 11) is 0. The molecule has 6 heteroatoms. The van der Waals surface area contributed by atoms with Crippen molar-refractivity contribution in [2.75, 3.05) is 13.2 Å². The highest BCUT2D eigenvalue weighted by atomic mass is 16.6. The van der Waals surface area contributed by atoms with Gasteiger partial charge in [-0.15, -0.1) is 0 Å². The lowest BCUT2D eigenvalue weighted by molar-refractivity contribution is -0.167. The van der Waals surface area contributed by atoms with Crippen LogP contribution in [-0.2, 0) is 28.6 Å². The number of hydrogen-bond acceptors (Lipinski definition) is 6. The van der Waals surface area contributed by atoms with Crippen molar-refractivity contribution in [3.05, 3.63) is 85.1 Å².